The summed E-state index contributed by atoms with van der Waals surface area (Å²) in [6, 6.07) is 10.4. The first kappa shape index (κ1) is 19.8. The second kappa shape index (κ2) is 7.70. The zero-order valence-electron chi connectivity index (χ0n) is 17.1. The molecule has 1 aromatic heterocycles. The smallest absolute Gasteiger partial charge is 0.316 e. The van der Waals surface area contributed by atoms with E-state index >= 15 is 0 Å². The summed E-state index contributed by atoms with van der Waals surface area (Å²) in [4.78, 5) is 36.9. The van der Waals surface area contributed by atoms with E-state index in [0.717, 1.165) is 18.6 Å². The monoisotopic (exact) mass is 409 g/mol. The summed E-state index contributed by atoms with van der Waals surface area (Å²) in [5.41, 5.74) is 0.220. The van der Waals surface area contributed by atoms with Crippen molar-refractivity contribution in [3.05, 3.63) is 57.1 Å². The van der Waals surface area contributed by atoms with Gasteiger partial charge in [-0.3, -0.25) is 14.4 Å². The van der Waals surface area contributed by atoms with Crippen molar-refractivity contribution in [3.8, 4) is 17.2 Å². The van der Waals surface area contributed by atoms with Gasteiger partial charge in [0, 0.05) is 26.1 Å². The van der Waals surface area contributed by atoms with E-state index in [1.165, 1.54) is 23.2 Å². The maximum atomic E-state index is 12.4. The summed E-state index contributed by atoms with van der Waals surface area (Å²) in [7, 11) is 3.07. The van der Waals surface area contributed by atoms with Crippen LogP contribution in [0.3, 0.4) is 0 Å². The first-order valence-corrected chi connectivity index (χ1v) is 9.84. The fraction of sp³-hybridized carbons (Fsp3) is 0.318. The van der Waals surface area contributed by atoms with Crippen LogP contribution in [0.2, 0.25) is 0 Å². The average Bonchev–Trinajstić information content (AvgIpc) is 3.58. The molecular weight excluding hydrogens is 386 g/mol. The van der Waals surface area contributed by atoms with E-state index in [2.05, 4.69) is 5.32 Å². The molecule has 0 bridgehead atoms. The van der Waals surface area contributed by atoms with E-state index in [1.54, 1.807) is 36.4 Å². The number of aromatic nitrogens is 2. The lowest BCUT2D eigenvalue weighted by Gasteiger charge is -2.16. The highest BCUT2D eigenvalue weighted by Gasteiger charge is 2.30. The molecule has 1 aliphatic carbocycles. The SMILES string of the molecule is CCOc1ccc(Oc2cc3c(cc2NC(=O)C2CC2)n(C)c(=O)c(=O)n3C)cc1. The van der Waals surface area contributed by atoms with Crippen LogP contribution in [-0.2, 0) is 18.9 Å². The summed E-state index contributed by atoms with van der Waals surface area (Å²) in [6.07, 6.45) is 1.73. The Morgan fingerprint density at radius 2 is 1.57 bits per heavy atom. The molecule has 8 heteroatoms. The molecule has 0 aliphatic heterocycles. The van der Waals surface area contributed by atoms with E-state index in [0.29, 0.717) is 34.8 Å². The lowest BCUT2D eigenvalue weighted by Crippen LogP contribution is -2.39. The van der Waals surface area contributed by atoms with E-state index in [9.17, 15) is 14.4 Å². The number of aryl methyl sites for hydroxylation is 2. The van der Waals surface area contributed by atoms with Crippen LogP contribution in [0.25, 0.3) is 11.0 Å². The maximum Gasteiger partial charge on any atom is 0.316 e. The Kier molecular flexibility index (Phi) is 5.07. The zero-order chi connectivity index (χ0) is 21.4. The second-order valence-corrected chi connectivity index (χ2v) is 7.34. The molecule has 3 aromatic rings. The van der Waals surface area contributed by atoms with Crippen molar-refractivity contribution in [1.82, 2.24) is 9.13 Å². The third-order valence-corrected chi connectivity index (χ3v) is 5.16. The number of carbonyl (C=O) groups is 1. The van der Waals surface area contributed by atoms with Crippen LogP contribution < -0.4 is 25.9 Å². The molecule has 1 fully saturated rings. The molecular formula is C22H23N3O5. The van der Waals surface area contributed by atoms with Gasteiger partial charge in [-0.2, -0.15) is 0 Å². The Labute approximate surface area is 172 Å². The summed E-state index contributed by atoms with van der Waals surface area (Å²) in [6.45, 7) is 2.47. The molecule has 1 N–H and O–H groups in total. The Bertz CT molecular complexity index is 1240. The largest absolute Gasteiger partial charge is 0.494 e. The number of hydrogen-bond acceptors (Lipinski definition) is 5. The first-order valence-electron chi connectivity index (χ1n) is 9.84. The van der Waals surface area contributed by atoms with Crippen molar-refractivity contribution in [3.63, 3.8) is 0 Å². The fourth-order valence-corrected chi connectivity index (χ4v) is 3.26. The van der Waals surface area contributed by atoms with Gasteiger partial charge in [-0.1, -0.05) is 0 Å². The van der Waals surface area contributed by atoms with E-state index in [4.69, 9.17) is 9.47 Å². The van der Waals surface area contributed by atoms with E-state index in [-0.39, 0.29) is 11.8 Å². The molecule has 0 saturated heterocycles. The number of hydrogen-bond donors (Lipinski definition) is 1. The van der Waals surface area contributed by atoms with Crippen LogP contribution >= 0.6 is 0 Å². The zero-order valence-corrected chi connectivity index (χ0v) is 17.1. The van der Waals surface area contributed by atoms with Gasteiger partial charge in [0.1, 0.15) is 11.5 Å². The number of benzene rings is 2. The minimum absolute atomic E-state index is 0.00275. The second-order valence-electron chi connectivity index (χ2n) is 7.34. The van der Waals surface area contributed by atoms with Gasteiger partial charge in [0.25, 0.3) is 0 Å². The van der Waals surface area contributed by atoms with Gasteiger partial charge >= 0.3 is 11.1 Å². The Morgan fingerprint density at radius 1 is 1.00 bits per heavy atom. The molecule has 30 heavy (non-hydrogen) atoms. The van der Waals surface area contributed by atoms with E-state index < -0.39 is 11.1 Å². The molecule has 1 aliphatic rings. The lowest BCUT2D eigenvalue weighted by atomic mass is 10.2. The molecule has 2 aromatic carbocycles. The number of anilines is 1. The molecule has 0 radical (unpaired) electrons. The maximum absolute atomic E-state index is 12.4. The molecule has 0 unspecified atom stereocenters. The molecule has 8 nitrogen and oxygen atoms in total. The van der Waals surface area contributed by atoms with E-state index in [1.807, 2.05) is 6.92 Å². The van der Waals surface area contributed by atoms with Crippen LogP contribution in [0.1, 0.15) is 19.8 Å². The number of amides is 1. The van der Waals surface area contributed by atoms with Crippen molar-refractivity contribution in [2.45, 2.75) is 19.8 Å². The van der Waals surface area contributed by atoms with Crippen LogP contribution in [0.5, 0.6) is 17.2 Å². The normalized spacial score (nSPS) is 13.3. The van der Waals surface area contributed by atoms with Crippen molar-refractivity contribution in [1.29, 1.82) is 0 Å². The topological polar surface area (TPSA) is 91.6 Å². The lowest BCUT2D eigenvalue weighted by molar-refractivity contribution is -0.117. The third kappa shape index (κ3) is 3.68. The minimum Gasteiger partial charge on any atom is -0.494 e. The molecule has 1 amide bonds. The fourth-order valence-electron chi connectivity index (χ4n) is 3.26. The van der Waals surface area contributed by atoms with Crippen LogP contribution in [-0.4, -0.2) is 21.6 Å². The predicted octanol–water partition coefficient (Wildman–Crippen LogP) is 2.78. The molecule has 1 saturated carbocycles. The van der Waals surface area contributed by atoms with Crippen molar-refractivity contribution < 1.29 is 14.3 Å². The average molecular weight is 409 g/mol. The molecule has 4 rings (SSSR count). The van der Waals surface area contributed by atoms with Crippen LogP contribution in [0, 0.1) is 5.92 Å². The summed E-state index contributed by atoms with van der Waals surface area (Å²) in [5.74, 6) is 1.58. The van der Waals surface area contributed by atoms with Gasteiger partial charge in [-0.25, -0.2) is 0 Å². The number of fused-ring (bicyclic) bond motifs is 1. The van der Waals surface area contributed by atoms with Crippen LogP contribution in [0.15, 0.2) is 46.0 Å². The number of nitrogens with one attached hydrogen (secondary N) is 1. The Morgan fingerprint density at radius 3 is 2.13 bits per heavy atom. The Hall–Kier alpha value is -3.55. The minimum atomic E-state index is -0.635. The van der Waals surface area contributed by atoms with Gasteiger partial charge < -0.3 is 23.9 Å². The highest BCUT2D eigenvalue weighted by atomic mass is 16.5. The number of nitrogens with zero attached hydrogens (tertiary/aromatic N) is 2. The third-order valence-electron chi connectivity index (χ3n) is 5.16. The van der Waals surface area contributed by atoms with Gasteiger partial charge in [0.2, 0.25) is 5.91 Å². The summed E-state index contributed by atoms with van der Waals surface area (Å²) < 4.78 is 14.1. The van der Waals surface area contributed by atoms with Gasteiger partial charge in [-0.15, -0.1) is 0 Å². The molecule has 0 atom stereocenters. The van der Waals surface area contributed by atoms with Gasteiger partial charge in [-0.05, 0) is 50.1 Å². The molecule has 0 spiro atoms. The van der Waals surface area contributed by atoms with Crippen molar-refractivity contribution in [2.24, 2.45) is 20.0 Å². The van der Waals surface area contributed by atoms with Crippen molar-refractivity contribution in [2.75, 3.05) is 11.9 Å². The quantitative estimate of drug-likeness (QED) is 0.632. The first-order chi connectivity index (χ1) is 14.4. The number of carbonyl (C=O) groups excluding carboxylic acids is 1. The number of ether oxygens (including phenoxy) is 2. The van der Waals surface area contributed by atoms with Gasteiger partial charge in [0.05, 0.1) is 23.3 Å². The summed E-state index contributed by atoms with van der Waals surface area (Å²) >= 11 is 0. The highest BCUT2D eigenvalue weighted by molar-refractivity contribution is 5.97. The number of rotatable bonds is 6. The van der Waals surface area contributed by atoms with Gasteiger partial charge in [0.15, 0.2) is 5.75 Å². The Balaban J connectivity index is 1.81. The van der Waals surface area contributed by atoms with Crippen molar-refractivity contribution >= 4 is 22.6 Å². The highest BCUT2D eigenvalue weighted by Crippen LogP contribution is 2.36. The summed E-state index contributed by atoms with van der Waals surface area (Å²) in [5, 5.41) is 2.91. The molecule has 1 heterocycles. The standard InChI is InChI=1S/C22H23N3O5/c1-4-29-14-7-9-15(10-8-14)30-19-12-18-17(24(2)21(27)22(28)25(18)3)11-16(19)23-20(26)13-5-6-13/h7-13H,4-6H2,1-3H3,(H,23,26). The predicted molar refractivity (Wildman–Crippen MR) is 113 cm³/mol. The molecule has 156 valence electrons. The van der Waals surface area contributed by atoms with Crippen LogP contribution in [0.4, 0.5) is 5.69 Å².